The fraction of sp³-hybridized carbons (Fsp3) is 0.450. The lowest BCUT2D eigenvalue weighted by Crippen LogP contribution is -2.43. The molecule has 3 rings (SSSR count). The molecule has 8 nitrogen and oxygen atoms in total. The fourth-order valence-electron chi connectivity index (χ4n) is 3.43. The number of ether oxygens (including phenoxy) is 1. The van der Waals surface area contributed by atoms with Crippen molar-refractivity contribution in [3.05, 3.63) is 45.8 Å². The van der Waals surface area contributed by atoms with Gasteiger partial charge in [0.2, 0.25) is 5.76 Å². The number of benzene rings is 1. The van der Waals surface area contributed by atoms with Crippen LogP contribution >= 0.6 is 0 Å². The van der Waals surface area contributed by atoms with Crippen molar-refractivity contribution in [3.8, 4) is 0 Å². The summed E-state index contributed by atoms with van der Waals surface area (Å²) in [5.74, 6) is -1.71. The first kappa shape index (κ1) is 21.0. The van der Waals surface area contributed by atoms with E-state index in [0.717, 1.165) is 11.6 Å². The van der Waals surface area contributed by atoms with Gasteiger partial charge in [0, 0.05) is 18.7 Å². The molecule has 0 spiro atoms. The number of rotatable bonds is 6. The summed E-state index contributed by atoms with van der Waals surface area (Å²) in [4.78, 5) is 38.5. The van der Waals surface area contributed by atoms with E-state index in [-0.39, 0.29) is 28.3 Å². The third kappa shape index (κ3) is 4.84. The second-order valence-corrected chi connectivity index (χ2v) is 9.42. The number of carbonyl (C=O) groups excluding carboxylic acids is 2. The van der Waals surface area contributed by atoms with Gasteiger partial charge in [-0.3, -0.25) is 9.59 Å². The van der Waals surface area contributed by atoms with Crippen LogP contribution in [-0.2, 0) is 19.4 Å². The molecule has 0 radical (unpaired) electrons. The quantitative estimate of drug-likeness (QED) is 0.653. The average Bonchev–Trinajstić information content (AvgIpc) is 3.03. The van der Waals surface area contributed by atoms with Crippen LogP contribution in [-0.4, -0.2) is 55.9 Å². The molecule has 9 heteroatoms. The van der Waals surface area contributed by atoms with Crippen molar-refractivity contribution in [3.63, 3.8) is 0 Å². The standard InChI is InChI=1S/C20H23NO7S/c1-3-7-21(14-6-8-29(25,26)12-14)19(23)11-27-20(24)18-10-16(22)15-9-13(2)4-5-17(15)28-18/h4-5,9-10,14H,3,6-8,11-12H2,1-2H3/t14-/m1/s1. The molecule has 0 bridgehead atoms. The molecule has 0 unspecified atom stereocenters. The van der Waals surface area contributed by atoms with Crippen LogP contribution in [0, 0.1) is 6.92 Å². The molecule has 29 heavy (non-hydrogen) atoms. The molecule has 1 aromatic heterocycles. The normalized spacial score (nSPS) is 17.9. The minimum Gasteiger partial charge on any atom is -0.450 e. The van der Waals surface area contributed by atoms with E-state index in [1.807, 2.05) is 13.8 Å². The number of hydrogen-bond donors (Lipinski definition) is 0. The molecule has 1 fully saturated rings. The first-order chi connectivity index (χ1) is 13.7. The molecule has 0 saturated carbocycles. The smallest absolute Gasteiger partial charge is 0.374 e. The second kappa shape index (κ2) is 8.36. The van der Waals surface area contributed by atoms with Crippen molar-refractivity contribution >= 4 is 32.7 Å². The molecular weight excluding hydrogens is 398 g/mol. The summed E-state index contributed by atoms with van der Waals surface area (Å²) in [6.07, 6.45) is 1.02. The third-order valence-corrected chi connectivity index (χ3v) is 6.59. The van der Waals surface area contributed by atoms with Crippen LogP contribution in [0.25, 0.3) is 11.0 Å². The Labute approximate surface area is 168 Å². The molecule has 1 atom stereocenters. The van der Waals surface area contributed by atoms with Crippen molar-refractivity contribution in [2.24, 2.45) is 0 Å². The van der Waals surface area contributed by atoms with Crippen LogP contribution in [0.4, 0.5) is 0 Å². The van der Waals surface area contributed by atoms with Gasteiger partial charge in [-0.15, -0.1) is 0 Å². The summed E-state index contributed by atoms with van der Waals surface area (Å²) >= 11 is 0. The first-order valence-corrected chi connectivity index (χ1v) is 11.2. The van der Waals surface area contributed by atoms with E-state index in [9.17, 15) is 22.8 Å². The Bertz CT molecular complexity index is 1100. The lowest BCUT2D eigenvalue weighted by atomic mass is 10.1. The highest BCUT2D eigenvalue weighted by Crippen LogP contribution is 2.19. The van der Waals surface area contributed by atoms with Gasteiger partial charge in [-0.1, -0.05) is 18.6 Å². The van der Waals surface area contributed by atoms with E-state index in [1.165, 1.54) is 4.90 Å². The maximum Gasteiger partial charge on any atom is 0.374 e. The van der Waals surface area contributed by atoms with Crippen LogP contribution in [0.1, 0.15) is 35.9 Å². The van der Waals surface area contributed by atoms with Crippen molar-refractivity contribution in [2.75, 3.05) is 24.7 Å². The van der Waals surface area contributed by atoms with Gasteiger partial charge >= 0.3 is 5.97 Å². The summed E-state index contributed by atoms with van der Waals surface area (Å²) in [5, 5.41) is 0.356. The molecule has 1 amide bonds. The number of carbonyl (C=O) groups is 2. The third-order valence-electron chi connectivity index (χ3n) is 4.84. The average molecular weight is 421 g/mol. The van der Waals surface area contributed by atoms with Crippen molar-refractivity contribution in [1.29, 1.82) is 0 Å². The van der Waals surface area contributed by atoms with Crippen molar-refractivity contribution in [2.45, 2.75) is 32.7 Å². The molecule has 2 heterocycles. The van der Waals surface area contributed by atoms with Crippen LogP contribution in [0.5, 0.6) is 0 Å². The second-order valence-electron chi connectivity index (χ2n) is 7.19. The van der Waals surface area contributed by atoms with Gasteiger partial charge in [0.25, 0.3) is 5.91 Å². The summed E-state index contributed by atoms with van der Waals surface area (Å²) in [6.45, 7) is 3.54. The Morgan fingerprint density at radius 3 is 2.69 bits per heavy atom. The van der Waals surface area contributed by atoms with Gasteiger partial charge in [-0.05, 0) is 31.9 Å². The summed E-state index contributed by atoms with van der Waals surface area (Å²) in [6, 6.07) is 5.65. The Morgan fingerprint density at radius 1 is 1.28 bits per heavy atom. The fourth-order valence-corrected chi connectivity index (χ4v) is 5.16. The Hall–Kier alpha value is -2.68. The number of esters is 1. The number of hydrogen-bond acceptors (Lipinski definition) is 7. The molecule has 1 aliphatic heterocycles. The van der Waals surface area contributed by atoms with Crippen molar-refractivity contribution < 1.29 is 27.2 Å². The number of sulfone groups is 1. The number of fused-ring (bicyclic) bond motifs is 1. The Morgan fingerprint density at radius 2 is 2.03 bits per heavy atom. The summed E-state index contributed by atoms with van der Waals surface area (Å²) in [7, 11) is -3.15. The van der Waals surface area contributed by atoms with Gasteiger partial charge in [0.05, 0.1) is 16.9 Å². The van der Waals surface area contributed by atoms with E-state index < -0.39 is 34.4 Å². The Kier molecular flexibility index (Phi) is 6.07. The molecule has 1 aromatic carbocycles. The zero-order valence-electron chi connectivity index (χ0n) is 16.3. The molecule has 0 aliphatic carbocycles. The largest absolute Gasteiger partial charge is 0.450 e. The highest BCUT2D eigenvalue weighted by molar-refractivity contribution is 7.91. The maximum absolute atomic E-state index is 12.5. The SMILES string of the molecule is CCCN(C(=O)COC(=O)c1cc(=O)c2cc(C)ccc2o1)[C@@H]1CCS(=O)(=O)C1. The number of amides is 1. The van der Waals surface area contributed by atoms with E-state index in [0.29, 0.717) is 24.8 Å². The van der Waals surface area contributed by atoms with Gasteiger partial charge in [-0.25, -0.2) is 13.2 Å². The maximum atomic E-state index is 12.5. The number of aryl methyl sites for hydroxylation is 1. The van der Waals surface area contributed by atoms with Gasteiger partial charge in [0.15, 0.2) is 21.9 Å². The Balaban J connectivity index is 1.70. The molecule has 0 N–H and O–H groups in total. The van der Waals surface area contributed by atoms with E-state index in [1.54, 1.807) is 18.2 Å². The monoisotopic (exact) mass is 421 g/mol. The zero-order chi connectivity index (χ0) is 21.2. The zero-order valence-corrected chi connectivity index (χ0v) is 17.2. The van der Waals surface area contributed by atoms with Gasteiger partial charge in [0.1, 0.15) is 5.58 Å². The summed E-state index contributed by atoms with van der Waals surface area (Å²) < 4.78 is 33.9. The van der Waals surface area contributed by atoms with Crippen LogP contribution in [0.2, 0.25) is 0 Å². The van der Waals surface area contributed by atoms with Crippen molar-refractivity contribution in [1.82, 2.24) is 4.90 Å². The molecular formula is C20H23NO7S. The predicted octanol–water partition coefficient (Wildman–Crippen LogP) is 1.68. The molecule has 1 aliphatic rings. The highest BCUT2D eigenvalue weighted by Gasteiger charge is 2.34. The minimum atomic E-state index is -3.15. The minimum absolute atomic E-state index is 0.0483. The highest BCUT2D eigenvalue weighted by atomic mass is 32.2. The lowest BCUT2D eigenvalue weighted by molar-refractivity contribution is -0.136. The van der Waals surface area contributed by atoms with Crippen LogP contribution in [0.15, 0.2) is 33.5 Å². The van der Waals surface area contributed by atoms with Crippen LogP contribution in [0.3, 0.4) is 0 Å². The van der Waals surface area contributed by atoms with Crippen LogP contribution < -0.4 is 5.43 Å². The predicted molar refractivity (Wildman–Crippen MR) is 107 cm³/mol. The molecule has 1 saturated heterocycles. The van der Waals surface area contributed by atoms with E-state index in [2.05, 4.69) is 0 Å². The van der Waals surface area contributed by atoms with E-state index in [4.69, 9.17) is 9.15 Å². The summed E-state index contributed by atoms with van der Waals surface area (Å²) in [5.41, 5.74) is 0.762. The number of nitrogens with zero attached hydrogens (tertiary/aromatic N) is 1. The van der Waals surface area contributed by atoms with E-state index >= 15 is 0 Å². The topological polar surface area (TPSA) is 111 Å². The first-order valence-electron chi connectivity index (χ1n) is 9.41. The lowest BCUT2D eigenvalue weighted by Gasteiger charge is -2.27. The molecule has 2 aromatic rings. The van der Waals surface area contributed by atoms with Gasteiger partial charge in [-0.2, -0.15) is 0 Å². The molecule has 156 valence electrons. The van der Waals surface area contributed by atoms with Gasteiger partial charge < -0.3 is 14.1 Å².